The van der Waals surface area contributed by atoms with Crippen molar-refractivity contribution in [1.29, 1.82) is 0 Å². The molecule has 4 heteroatoms. The first-order chi connectivity index (χ1) is 8.61. The monoisotopic (exact) mass is 250 g/mol. The van der Waals surface area contributed by atoms with Gasteiger partial charge in [0.1, 0.15) is 12.1 Å². The van der Waals surface area contributed by atoms with Crippen LogP contribution in [0.1, 0.15) is 46.0 Å². The van der Waals surface area contributed by atoms with Crippen molar-refractivity contribution in [3.05, 3.63) is 0 Å². The minimum Gasteiger partial charge on any atom is -0.329 e. The van der Waals surface area contributed by atoms with Gasteiger partial charge in [0.2, 0.25) is 11.8 Å². The number of nitrogens with zero attached hydrogens (tertiary/aromatic N) is 2. The minimum atomic E-state index is -0.252. The Morgan fingerprint density at radius 2 is 1.78 bits per heavy atom. The number of carbonyl (C=O) groups is 2. The molecule has 2 heterocycles. The summed E-state index contributed by atoms with van der Waals surface area (Å²) in [6.45, 7) is 4.89. The maximum atomic E-state index is 12.6. The predicted octanol–water partition coefficient (Wildman–Crippen LogP) is 1.40. The molecule has 3 aliphatic rings. The van der Waals surface area contributed by atoms with E-state index in [9.17, 15) is 9.59 Å². The average molecular weight is 250 g/mol. The van der Waals surface area contributed by atoms with Gasteiger partial charge < -0.3 is 9.80 Å². The highest BCUT2D eigenvalue weighted by Gasteiger charge is 2.49. The normalized spacial score (nSPS) is 40.6. The van der Waals surface area contributed by atoms with Gasteiger partial charge in [0, 0.05) is 12.6 Å². The van der Waals surface area contributed by atoms with E-state index in [0.29, 0.717) is 12.0 Å². The van der Waals surface area contributed by atoms with Crippen LogP contribution in [0.4, 0.5) is 0 Å². The maximum Gasteiger partial charge on any atom is 0.246 e. The second-order valence-corrected chi connectivity index (χ2v) is 6.09. The molecule has 0 aromatic carbocycles. The third-order valence-electron chi connectivity index (χ3n) is 5.02. The van der Waals surface area contributed by atoms with Gasteiger partial charge in [-0.05, 0) is 38.5 Å². The lowest BCUT2D eigenvalue weighted by molar-refractivity contribution is -0.162. The first-order valence-electron chi connectivity index (χ1n) is 7.24. The van der Waals surface area contributed by atoms with Crippen molar-refractivity contribution in [2.24, 2.45) is 5.92 Å². The van der Waals surface area contributed by atoms with E-state index < -0.39 is 0 Å². The van der Waals surface area contributed by atoms with Gasteiger partial charge in [-0.25, -0.2) is 0 Å². The molecule has 0 spiro atoms. The van der Waals surface area contributed by atoms with Crippen molar-refractivity contribution in [3.8, 4) is 0 Å². The molecule has 100 valence electrons. The molecule has 3 rings (SSSR count). The van der Waals surface area contributed by atoms with Gasteiger partial charge in [-0.1, -0.05) is 13.3 Å². The molecule has 0 aromatic heterocycles. The van der Waals surface area contributed by atoms with E-state index in [4.69, 9.17) is 0 Å². The van der Waals surface area contributed by atoms with Crippen LogP contribution in [0.3, 0.4) is 0 Å². The van der Waals surface area contributed by atoms with Gasteiger partial charge in [0.25, 0.3) is 0 Å². The first kappa shape index (κ1) is 12.0. The van der Waals surface area contributed by atoms with E-state index in [2.05, 4.69) is 6.92 Å². The summed E-state index contributed by atoms with van der Waals surface area (Å²) < 4.78 is 0. The first-order valence-corrected chi connectivity index (χ1v) is 7.24. The van der Waals surface area contributed by atoms with Gasteiger partial charge in [-0.3, -0.25) is 9.59 Å². The van der Waals surface area contributed by atoms with Crippen LogP contribution in [0.15, 0.2) is 0 Å². The number of fused-ring (bicyclic) bond motifs is 1. The van der Waals surface area contributed by atoms with E-state index in [1.807, 2.05) is 16.7 Å². The van der Waals surface area contributed by atoms with Crippen LogP contribution in [0.2, 0.25) is 0 Å². The molecule has 4 nitrogen and oxygen atoms in total. The summed E-state index contributed by atoms with van der Waals surface area (Å²) in [5.74, 6) is 0.909. The number of rotatable bonds is 1. The fourth-order valence-electron chi connectivity index (χ4n) is 4.00. The van der Waals surface area contributed by atoms with Crippen LogP contribution in [-0.2, 0) is 9.59 Å². The topological polar surface area (TPSA) is 40.6 Å². The quantitative estimate of drug-likeness (QED) is 0.706. The molecule has 1 aliphatic carbocycles. The molecule has 2 saturated heterocycles. The van der Waals surface area contributed by atoms with Crippen molar-refractivity contribution in [2.75, 3.05) is 6.54 Å². The lowest BCUT2D eigenvalue weighted by Gasteiger charge is -2.45. The Morgan fingerprint density at radius 3 is 2.44 bits per heavy atom. The van der Waals surface area contributed by atoms with Crippen LogP contribution >= 0.6 is 0 Å². The fraction of sp³-hybridized carbons (Fsp3) is 0.857. The number of amides is 2. The molecule has 2 amide bonds. The zero-order valence-corrected chi connectivity index (χ0v) is 11.3. The second kappa shape index (κ2) is 4.25. The standard InChI is InChI=1S/C14H22N2O2/c1-9-5-3-6-11(9)16-10(2)13(17)15-8-4-7-12(15)14(16)18/h9-12H,3-8H2,1-2H3. The van der Waals surface area contributed by atoms with Crippen molar-refractivity contribution < 1.29 is 9.59 Å². The van der Waals surface area contributed by atoms with E-state index in [-0.39, 0.29) is 23.9 Å². The maximum absolute atomic E-state index is 12.6. The Balaban J connectivity index is 1.89. The highest BCUT2D eigenvalue weighted by atomic mass is 16.2. The summed E-state index contributed by atoms with van der Waals surface area (Å²) in [4.78, 5) is 28.7. The Hall–Kier alpha value is -1.06. The lowest BCUT2D eigenvalue weighted by atomic mass is 9.98. The lowest BCUT2D eigenvalue weighted by Crippen LogP contribution is -2.64. The van der Waals surface area contributed by atoms with Gasteiger partial charge in [-0.15, -0.1) is 0 Å². The van der Waals surface area contributed by atoms with E-state index >= 15 is 0 Å². The molecule has 0 aromatic rings. The third kappa shape index (κ3) is 1.57. The van der Waals surface area contributed by atoms with Crippen LogP contribution in [0.25, 0.3) is 0 Å². The molecule has 4 unspecified atom stereocenters. The van der Waals surface area contributed by atoms with Gasteiger partial charge in [0.15, 0.2) is 0 Å². The van der Waals surface area contributed by atoms with Crippen LogP contribution in [0, 0.1) is 5.92 Å². The van der Waals surface area contributed by atoms with Crippen molar-refractivity contribution in [2.45, 2.75) is 64.1 Å². The zero-order valence-electron chi connectivity index (χ0n) is 11.3. The van der Waals surface area contributed by atoms with Gasteiger partial charge >= 0.3 is 0 Å². The van der Waals surface area contributed by atoms with Crippen LogP contribution in [-0.4, -0.2) is 46.3 Å². The molecule has 3 fully saturated rings. The van der Waals surface area contributed by atoms with E-state index in [1.165, 1.54) is 12.8 Å². The highest BCUT2D eigenvalue weighted by molar-refractivity contribution is 5.97. The molecular formula is C14H22N2O2. The summed E-state index contributed by atoms with van der Waals surface area (Å²) in [7, 11) is 0. The molecule has 4 atom stereocenters. The second-order valence-electron chi connectivity index (χ2n) is 6.09. The van der Waals surface area contributed by atoms with Gasteiger partial charge in [0.05, 0.1) is 0 Å². The molecule has 0 bridgehead atoms. The van der Waals surface area contributed by atoms with Gasteiger partial charge in [-0.2, -0.15) is 0 Å². The Labute approximate surface area is 108 Å². The molecule has 0 N–H and O–H groups in total. The van der Waals surface area contributed by atoms with Crippen LogP contribution < -0.4 is 0 Å². The zero-order chi connectivity index (χ0) is 12.9. The molecule has 1 saturated carbocycles. The average Bonchev–Trinajstić information content (AvgIpc) is 2.96. The SMILES string of the molecule is CC1CCCC1N1C(=O)C2CCCN2C(=O)C1C. The molecular weight excluding hydrogens is 228 g/mol. The van der Waals surface area contributed by atoms with E-state index in [0.717, 1.165) is 25.8 Å². The Kier molecular flexibility index (Phi) is 2.83. The van der Waals surface area contributed by atoms with E-state index in [1.54, 1.807) is 0 Å². The highest BCUT2D eigenvalue weighted by Crippen LogP contribution is 2.35. The van der Waals surface area contributed by atoms with Crippen LogP contribution in [0.5, 0.6) is 0 Å². The number of piperazine rings is 1. The molecule has 2 aliphatic heterocycles. The smallest absolute Gasteiger partial charge is 0.246 e. The summed E-state index contributed by atoms with van der Waals surface area (Å²) in [6, 6.07) is -0.113. The number of hydrogen-bond donors (Lipinski definition) is 0. The molecule has 18 heavy (non-hydrogen) atoms. The molecule has 0 radical (unpaired) electrons. The van der Waals surface area contributed by atoms with Crippen molar-refractivity contribution >= 4 is 11.8 Å². The Morgan fingerprint density at radius 1 is 1.00 bits per heavy atom. The summed E-state index contributed by atoms with van der Waals surface area (Å²) in [6.07, 6.45) is 5.27. The van der Waals surface area contributed by atoms with Crippen molar-refractivity contribution in [3.63, 3.8) is 0 Å². The number of carbonyl (C=O) groups excluding carboxylic acids is 2. The largest absolute Gasteiger partial charge is 0.329 e. The fourth-order valence-corrected chi connectivity index (χ4v) is 4.00. The Bertz CT molecular complexity index is 382. The van der Waals surface area contributed by atoms with Crippen molar-refractivity contribution in [1.82, 2.24) is 9.80 Å². The summed E-state index contributed by atoms with van der Waals surface area (Å²) in [5.41, 5.74) is 0. The summed E-state index contributed by atoms with van der Waals surface area (Å²) in [5, 5.41) is 0. The third-order valence-corrected chi connectivity index (χ3v) is 5.02. The minimum absolute atomic E-state index is 0.151. The summed E-state index contributed by atoms with van der Waals surface area (Å²) >= 11 is 0. The predicted molar refractivity (Wildman–Crippen MR) is 67.8 cm³/mol. The number of hydrogen-bond acceptors (Lipinski definition) is 2.